The quantitative estimate of drug-likeness (QED) is 0.893. The molecule has 0 atom stereocenters. The van der Waals surface area contributed by atoms with Crippen molar-refractivity contribution in [2.45, 2.75) is 52.2 Å². The second-order valence-corrected chi connectivity index (χ2v) is 7.34. The second-order valence-electron chi connectivity index (χ2n) is 6.38. The summed E-state index contributed by atoms with van der Waals surface area (Å²) < 4.78 is 6.56. The smallest absolute Gasteiger partial charge is 0.410 e. The number of carbonyl (C=O) groups is 1. The summed E-state index contributed by atoms with van der Waals surface area (Å²) in [6.45, 7) is 6.95. The topological polar surface area (TPSA) is 88.8 Å². The molecule has 3 heterocycles. The van der Waals surface area contributed by atoms with Crippen LogP contribution in [0.3, 0.4) is 0 Å². The van der Waals surface area contributed by atoms with E-state index in [-0.39, 0.29) is 23.8 Å². The Bertz CT molecular complexity index is 808. The average molecular weight is 365 g/mol. The number of hydrogen-bond acceptors (Lipinski definition) is 7. The van der Waals surface area contributed by atoms with Crippen LogP contribution in [0, 0.1) is 0 Å². The second kappa shape index (κ2) is 7.38. The van der Waals surface area contributed by atoms with E-state index in [9.17, 15) is 9.59 Å². The molecule has 0 aliphatic carbocycles. The SMILES string of the molecule is CCc1cc(=O)n2nc(NC3CCN(C(=O)OC(C)C)CC3)sc2n1. The number of amides is 1. The van der Waals surface area contributed by atoms with Crippen LogP contribution < -0.4 is 10.9 Å². The highest BCUT2D eigenvalue weighted by Gasteiger charge is 2.25. The fraction of sp³-hybridized carbons (Fsp3) is 0.625. The first kappa shape index (κ1) is 17.7. The standard InChI is InChI=1S/C16H23N5O3S/c1-4-11-9-13(22)21-15(18-11)25-14(19-21)17-12-5-7-20(8-6-12)16(23)24-10(2)3/h9-10,12H,4-8H2,1-3H3,(H,17,19). The zero-order valence-electron chi connectivity index (χ0n) is 14.7. The van der Waals surface area contributed by atoms with Crippen molar-refractivity contribution in [2.75, 3.05) is 18.4 Å². The molecule has 136 valence electrons. The largest absolute Gasteiger partial charge is 0.447 e. The third kappa shape index (κ3) is 4.09. The molecule has 1 aliphatic rings. The van der Waals surface area contributed by atoms with Gasteiger partial charge in [-0.2, -0.15) is 4.52 Å². The van der Waals surface area contributed by atoms with Gasteiger partial charge in [-0.05, 0) is 33.1 Å². The van der Waals surface area contributed by atoms with E-state index >= 15 is 0 Å². The number of aryl methyl sites for hydroxylation is 1. The first-order valence-corrected chi connectivity index (χ1v) is 9.39. The van der Waals surface area contributed by atoms with Crippen molar-refractivity contribution in [3.8, 4) is 0 Å². The van der Waals surface area contributed by atoms with E-state index in [2.05, 4.69) is 15.4 Å². The number of nitrogens with zero attached hydrogens (tertiary/aromatic N) is 4. The number of ether oxygens (including phenoxy) is 1. The summed E-state index contributed by atoms with van der Waals surface area (Å²) in [4.78, 5) is 30.7. The van der Waals surface area contributed by atoms with Gasteiger partial charge in [-0.15, -0.1) is 5.10 Å². The molecule has 2 aromatic rings. The van der Waals surface area contributed by atoms with Gasteiger partial charge in [0.25, 0.3) is 5.56 Å². The lowest BCUT2D eigenvalue weighted by Crippen LogP contribution is -2.43. The Balaban J connectivity index is 1.62. The molecule has 25 heavy (non-hydrogen) atoms. The minimum Gasteiger partial charge on any atom is -0.447 e. The maximum absolute atomic E-state index is 12.1. The van der Waals surface area contributed by atoms with Crippen LogP contribution in [0.15, 0.2) is 10.9 Å². The van der Waals surface area contributed by atoms with Gasteiger partial charge in [-0.1, -0.05) is 18.3 Å². The normalized spacial score (nSPS) is 15.8. The minimum atomic E-state index is -0.253. The van der Waals surface area contributed by atoms with Crippen LogP contribution >= 0.6 is 11.3 Å². The van der Waals surface area contributed by atoms with Gasteiger partial charge in [0.15, 0.2) is 0 Å². The van der Waals surface area contributed by atoms with Gasteiger partial charge in [0, 0.05) is 30.9 Å². The molecule has 3 rings (SSSR count). The first-order valence-electron chi connectivity index (χ1n) is 8.58. The van der Waals surface area contributed by atoms with Crippen LogP contribution in [-0.2, 0) is 11.2 Å². The van der Waals surface area contributed by atoms with Crippen molar-refractivity contribution in [3.05, 3.63) is 22.1 Å². The lowest BCUT2D eigenvalue weighted by molar-refractivity contribution is 0.0701. The predicted molar refractivity (Wildman–Crippen MR) is 96.3 cm³/mol. The molecule has 1 aliphatic heterocycles. The third-order valence-corrected chi connectivity index (χ3v) is 4.92. The fourth-order valence-electron chi connectivity index (χ4n) is 2.75. The lowest BCUT2D eigenvalue weighted by atomic mass is 10.1. The molecule has 1 N–H and O–H groups in total. The molecule has 0 spiro atoms. The Morgan fingerprint density at radius 1 is 1.44 bits per heavy atom. The van der Waals surface area contributed by atoms with E-state index in [4.69, 9.17) is 4.74 Å². The zero-order chi connectivity index (χ0) is 18.0. The van der Waals surface area contributed by atoms with Crippen molar-refractivity contribution in [3.63, 3.8) is 0 Å². The number of anilines is 1. The van der Waals surface area contributed by atoms with Gasteiger partial charge in [-0.25, -0.2) is 9.78 Å². The molecule has 1 amide bonds. The van der Waals surface area contributed by atoms with Crippen molar-refractivity contribution in [1.29, 1.82) is 0 Å². The van der Waals surface area contributed by atoms with Crippen LogP contribution in [0.2, 0.25) is 0 Å². The van der Waals surface area contributed by atoms with E-state index in [1.54, 1.807) is 4.90 Å². The highest BCUT2D eigenvalue weighted by Crippen LogP contribution is 2.21. The maximum atomic E-state index is 12.1. The molecule has 0 saturated carbocycles. The van der Waals surface area contributed by atoms with Gasteiger partial charge in [0.2, 0.25) is 10.1 Å². The number of fused-ring (bicyclic) bond motifs is 1. The maximum Gasteiger partial charge on any atom is 0.410 e. The third-order valence-electron chi connectivity index (χ3n) is 4.08. The lowest BCUT2D eigenvalue weighted by Gasteiger charge is -2.32. The molecule has 0 bridgehead atoms. The van der Waals surface area contributed by atoms with E-state index in [0.29, 0.717) is 23.2 Å². The van der Waals surface area contributed by atoms with Crippen molar-refractivity contribution < 1.29 is 9.53 Å². The fourth-order valence-corrected chi connectivity index (χ4v) is 3.65. The Hall–Kier alpha value is -2.16. The van der Waals surface area contributed by atoms with Crippen LogP contribution in [-0.4, -0.2) is 50.8 Å². The van der Waals surface area contributed by atoms with Crippen molar-refractivity contribution >= 4 is 27.5 Å². The molecule has 9 heteroatoms. The Morgan fingerprint density at radius 3 is 2.80 bits per heavy atom. The molecule has 8 nitrogen and oxygen atoms in total. The van der Waals surface area contributed by atoms with Gasteiger partial charge in [-0.3, -0.25) is 4.79 Å². The predicted octanol–water partition coefficient (Wildman–Crippen LogP) is 2.13. The zero-order valence-corrected chi connectivity index (χ0v) is 15.5. The van der Waals surface area contributed by atoms with Gasteiger partial charge < -0.3 is 15.0 Å². The molecule has 1 saturated heterocycles. The van der Waals surface area contributed by atoms with Crippen molar-refractivity contribution in [1.82, 2.24) is 19.5 Å². The summed E-state index contributed by atoms with van der Waals surface area (Å²) in [5.74, 6) is 0. The molecule has 0 unspecified atom stereocenters. The minimum absolute atomic E-state index is 0.107. The van der Waals surface area contributed by atoms with Crippen LogP contribution in [0.25, 0.3) is 4.96 Å². The monoisotopic (exact) mass is 365 g/mol. The van der Waals surface area contributed by atoms with E-state index < -0.39 is 0 Å². The first-order chi connectivity index (χ1) is 12.0. The van der Waals surface area contributed by atoms with Gasteiger partial charge in [0.1, 0.15) is 0 Å². The summed E-state index contributed by atoms with van der Waals surface area (Å²) in [5, 5.41) is 8.36. The van der Waals surface area contributed by atoms with Crippen molar-refractivity contribution in [2.24, 2.45) is 0 Å². The summed E-state index contributed by atoms with van der Waals surface area (Å²) >= 11 is 1.37. The average Bonchev–Trinajstić information content (AvgIpc) is 2.97. The summed E-state index contributed by atoms with van der Waals surface area (Å²) in [5.41, 5.74) is 0.620. The summed E-state index contributed by atoms with van der Waals surface area (Å²) in [6.07, 6.45) is 1.98. The van der Waals surface area contributed by atoms with Crippen LogP contribution in [0.4, 0.5) is 9.93 Å². The van der Waals surface area contributed by atoms with Crippen LogP contribution in [0.1, 0.15) is 39.3 Å². The number of carbonyl (C=O) groups excluding carboxylic acids is 1. The molecule has 1 fully saturated rings. The highest BCUT2D eigenvalue weighted by molar-refractivity contribution is 7.20. The molecular weight excluding hydrogens is 342 g/mol. The number of aromatic nitrogens is 3. The molecule has 2 aromatic heterocycles. The Labute approximate surface area is 149 Å². The molecular formula is C16H23N5O3S. The number of nitrogens with one attached hydrogen (secondary N) is 1. The van der Waals surface area contributed by atoms with Gasteiger partial charge >= 0.3 is 6.09 Å². The molecule has 0 radical (unpaired) electrons. The highest BCUT2D eigenvalue weighted by atomic mass is 32.1. The van der Waals surface area contributed by atoms with E-state index in [1.807, 2.05) is 20.8 Å². The number of piperidine rings is 1. The van der Waals surface area contributed by atoms with Crippen LogP contribution in [0.5, 0.6) is 0 Å². The Kier molecular flexibility index (Phi) is 5.22. The van der Waals surface area contributed by atoms with Gasteiger partial charge in [0.05, 0.1) is 6.10 Å². The summed E-state index contributed by atoms with van der Waals surface area (Å²) in [7, 11) is 0. The van der Waals surface area contributed by atoms with E-state index in [0.717, 1.165) is 25.0 Å². The molecule has 0 aromatic carbocycles. The number of hydrogen-bond donors (Lipinski definition) is 1. The summed E-state index contributed by atoms with van der Waals surface area (Å²) in [6, 6.07) is 1.74. The number of rotatable bonds is 4. The number of likely N-dealkylation sites (tertiary alicyclic amines) is 1. The van der Waals surface area contributed by atoms with E-state index in [1.165, 1.54) is 21.9 Å². The Morgan fingerprint density at radius 2 is 2.16 bits per heavy atom.